The van der Waals surface area contributed by atoms with E-state index in [1.165, 1.54) is 0 Å². The van der Waals surface area contributed by atoms with Gasteiger partial charge in [0.2, 0.25) is 0 Å². The molecule has 0 amide bonds. The molecule has 0 heterocycles. The number of hydrogen-bond acceptors (Lipinski definition) is 1. The summed E-state index contributed by atoms with van der Waals surface area (Å²) in [6.45, 7) is 0. The Morgan fingerprint density at radius 1 is 1.50 bits per heavy atom. The molecule has 2 rings (SSSR count). The molecule has 1 N–H and O–H groups in total. The summed E-state index contributed by atoms with van der Waals surface area (Å²) in [5.74, 6) is -0.218. The van der Waals surface area contributed by atoms with Crippen LogP contribution in [-0.2, 0) is 6.42 Å². The summed E-state index contributed by atoms with van der Waals surface area (Å²) in [4.78, 5) is 0. The topological polar surface area (TPSA) is 20.2 Å². The van der Waals surface area contributed by atoms with Crippen molar-refractivity contribution in [2.45, 2.75) is 18.9 Å². The lowest BCUT2D eigenvalue weighted by molar-refractivity contribution is 0.180. The van der Waals surface area contributed by atoms with Gasteiger partial charge in [0.1, 0.15) is 5.82 Å². The quantitative estimate of drug-likeness (QED) is 0.727. The third kappa shape index (κ3) is 1.08. The highest BCUT2D eigenvalue weighted by Gasteiger charge is 2.23. The molecule has 0 aliphatic heterocycles. The molecule has 1 aliphatic rings. The van der Waals surface area contributed by atoms with E-state index in [4.69, 9.17) is 0 Å². The largest absolute Gasteiger partial charge is 0.388 e. The molecule has 0 fully saturated rings. The summed E-state index contributed by atoms with van der Waals surface area (Å²) >= 11 is 3.11. The molecule has 1 aromatic carbocycles. The maximum absolute atomic E-state index is 13.3. The molecule has 3 heteroatoms. The molecule has 0 aromatic heterocycles. The summed E-state index contributed by atoms with van der Waals surface area (Å²) in [6.07, 6.45) is 0.812. The van der Waals surface area contributed by atoms with Gasteiger partial charge in [-0.15, -0.1) is 0 Å². The molecule has 0 saturated heterocycles. The zero-order chi connectivity index (χ0) is 8.72. The van der Waals surface area contributed by atoms with Gasteiger partial charge in [-0.25, -0.2) is 4.39 Å². The molecule has 1 nitrogen and oxygen atoms in total. The van der Waals surface area contributed by atoms with Crippen LogP contribution in [-0.4, -0.2) is 5.11 Å². The van der Waals surface area contributed by atoms with Gasteiger partial charge < -0.3 is 5.11 Å². The molecule has 64 valence electrons. The first kappa shape index (κ1) is 8.20. The van der Waals surface area contributed by atoms with Crippen LogP contribution < -0.4 is 0 Å². The first-order chi connectivity index (χ1) is 5.70. The van der Waals surface area contributed by atoms with E-state index in [0.717, 1.165) is 5.56 Å². The van der Waals surface area contributed by atoms with Gasteiger partial charge in [-0.3, -0.25) is 0 Å². The van der Waals surface area contributed by atoms with Crippen LogP contribution in [0, 0.1) is 5.82 Å². The van der Waals surface area contributed by atoms with Crippen molar-refractivity contribution in [1.82, 2.24) is 0 Å². The Hall–Kier alpha value is -0.410. The van der Waals surface area contributed by atoms with Crippen LogP contribution in [0.2, 0.25) is 0 Å². The molecular weight excluding hydrogens is 223 g/mol. The van der Waals surface area contributed by atoms with Gasteiger partial charge in [-0.05, 0) is 46.0 Å². The number of hydrogen-bond donors (Lipinski definition) is 1. The van der Waals surface area contributed by atoms with Crippen LogP contribution in [0.3, 0.4) is 0 Å². The lowest BCUT2D eigenvalue weighted by atomic mass is 10.1. The summed E-state index contributed by atoms with van der Waals surface area (Å²) < 4.78 is 13.8. The molecular formula is C9H8BrFO. The highest BCUT2D eigenvalue weighted by molar-refractivity contribution is 9.10. The molecule has 1 aromatic rings. The Balaban J connectivity index is 2.60. The van der Waals surface area contributed by atoms with Crippen LogP contribution in [0.1, 0.15) is 23.7 Å². The first-order valence-electron chi connectivity index (χ1n) is 3.85. The maximum atomic E-state index is 13.3. The zero-order valence-electron chi connectivity index (χ0n) is 6.35. The van der Waals surface area contributed by atoms with Crippen molar-refractivity contribution < 1.29 is 9.50 Å². The second kappa shape index (κ2) is 2.82. The Kier molecular flexibility index (Phi) is 1.93. The van der Waals surface area contributed by atoms with Gasteiger partial charge in [0, 0.05) is 0 Å². The fourth-order valence-electron chi connectivity index (χ4n) is 1.61. The molecule has 0 radical (unpaired) electrons. The normalized spacial score (nSPS) is 21.1. The van der Waals surface area contributed by atoms with Crippen LogP contribution >= 0.6 is 15.9 Å². The molecule has 12 heavy (non-hydrogen) atoms. The SMILES string of the molecule is OC1CCc2c1ccc(Br)c2F. The fraction of sp³-hybridized carbons (Fsp3) is 0.333. The van der Waals surface area contributed by atoms with Crippen LogP contribution in [0.5, 0.6) is 0 Å². The summed E-state index contributed by atoms with van der Waals surface area (Å²) in [5, 5.41) is 9.41. The minimum Gasteiger partial charge on any atom is -0.388 e. The third-order valence-corrected chi connectivity index (χ3v) is 2.87. The highest BCUT2D eigenvalue weighted by atomic mass is 79.9. The van der Waals surface area contributed by atoms with Gasteiger partial charge in [0.15, 0.2) is 0 Å². The monoisotopic (exact) mass is 230 g/mol. The van der Waals surface area contributed by atoms with E-state index in [1.807, 2.05) is 0 Å². The molecule has 1 aliphatic carbocycles. The van der Waals surface area contributed by atoms with Crippen molar-refractivity contribution in [3.05, 3.63) is 33.5 Å². The van der Waals surface area contributed by atoms with Gasteiger partial charge in [0.05, 0.1) is 10.6 Å². The predicted molar refractivity (Wildman–Crippen MR) is 47.4 cm³/mol. The smallest absolute Gasteiger partial charge is 0.140 e. The van der Waals surface area contributed by atoms with Gasteiger partial charge in [-0.1, -0.05) is 6.07 Å². The van der Waals surface area contributed by atoms with E-state index < -0.39 is 6.10 Å². The minimum absolute atomic E-state index is 0.218. The molecule has 0 spiro atoms. The molecule has 1 unspecified atom stereocenters. The van der Waals surface area contributed by atoms with Crippen molar-refractivity contribution in [3.63, 3.8) is 0 Å². The van der Waals surface area contributed by atoms with Gasteiger partial charge >= 0.3 is 0 Å². The number of benzene rings is 1. The average Bonchev–Trinajstić information content (AvgIpc) is 2.41. The van der Waals surface area contributed by atoms with Crippen LogP contribution in [0.4, 0.5) is 4.39 Å². The van der Waals surface area contributed by atoms with E-state index in [2.05, 4.69) is 15.9 Å². The number of aliphatic hydroxyl groups excluding tert-OH is 1. The fourth-order valence-corrected chi connectivity index (χ4v) is 1.98. The van der Waals surface area contributed by atoms with Gasteiger partial charge in [0.25, 0.3) is 0 Å². The second-order valence-corrected chi connectivity index (χ2v) is 3.84. The highest BCUT2D eigenvalue weighted by Crippen LogP contribution is 2.35. The van der Waals surface area contributed by atoms with Crippen molar-refractivity contribution >= 4 is 15.9 Å². The van der Waals surface area contributed by atoms with E-state index in [9.17, 15) is 9.50 Å². The Morgan fingerprint density at radius 3 is 3.00 bits per heavy atom. The van der Waals surface area contributed by atoms with Crippen molar-refractivity contribution in [3.8, 4) is 0 Å². The summed E-state index contributed by atoms with van der Waals surface area (Å²) in [7, 11) is 0. The number of rotatable bonds is 0. The van der Waals surface area contributed by atoms with E-state index in [0.29, 0.717) is 22.9 Å². The molecule has 0 bridgehead atoms. The first-order valence-corrected chi connectivity index (χ1v) is 4.64. The van der Waals surface area contributed by atoms with Crippen LogP contribution in [0.15, 0.2) is 16.6 Å². The average molecular weight is 231 g/mol. The Bertz CT molecular complexity index is 325. The van der Waals surface area contributed by atoms with Crippen LogP contribution in [0.25, 0.3) is 0 Å². The van der Waals surface area contributed by atoms with E-state index >= 15 is 0 Å². The molecule has 1 atom stereocenters. The lowest BCUT2D eigenvalue weighted by Gasteiger charge is -2.04. The minimum atomic E-state index is -0.470. The zero-order valence-corrected chi connectivity index (χ0v) is 7.94. The second-order valence-electron chi connectivity index (χ2n) is 2.98. The number of fused-ring (bicyclic) bond motifs is 1. The van der Waals surface area contributed by atoms with Crippen molar-refractivity contribution in [2.24, 2.45) is 0 Å². The lowest BCUT2D eigenvalue weighted by Crippen LogP contribution is -1.92. The molecule has 0 saturated carbocycles. The van der Waals surface area contributed by atoms with E-state index in [1.54, 1.807) is 12.1 Å². The van der Waals surface area contributed by atoms with Crippen molar-refractivity contribution in [1.29, 1.82) is 0 Å². The maximum Gasteiger partial charge on any atom is 0.140 e. The number of halogens is 2. The van der Waals surface area contributed by atoms with Gasteiger partial charge in [-0.2, -0.15) is 0 Å². The Labute approximate surface area is 78.3 Å². The predicted octanol–water partition coefficient (Wildman–Crippen LogP) is 2.57. The van der Waals surface area contributed by atoms with Crippen molar-refractivity contribution in [2.75, 3.05) is 0 Å². The standard InChI is InChI=1S/C9H8BrFO/c10-7-3-1-5-6(9(7)11)2-4-8(5)12/h1,3,8,12H,2,4H2. The third-order valence-electron chi connectivity index (χ3n) is 2.26. The summed E-state index contributed by atoms with van der Waals surface area (Å²) in [6, 6.07) is 3.42. The number of aliphatic hydroxyl groups is 1. The van der Waals surface area contributed by atoms with E-state index in [-0.39, 0.29) is 5.82 Å². The summed E-state index contributed by atoms with van der Waals surface area (Å²) in [5.41, 5.74) is 1.41. The Morgan fingerprint density at radius 2 is 2.25 bits per heavy atom.